The van der Waals surface area contributed by atoms with Gasteiger partial charge in [-0.3, -0.25) is 9.69 Å². The van der Waals surface area contributed by atoms with E-state index in [0.29, 0.717) is 21.5 Å². The van der Waals surface area contributed by atoms with Gasteiger partial charge in [0.1, 0.15) is 10.1 Å². The average molecular weight is 323 g/mol. The van der Waals surface area contributed by atoms with Crippen molar-refractivity contribution < 1.29 is 19.4 Å². The van der Waals surface area contributed by atoms with Gasteiger partial charge in [-0.1, -0.05) is 36.1 Å². The lowest BCUT2D eigenvalue weighted by Crippen LogP contribution is -2.27. The summed E-state index contributed by atoms with van der Waals surface area (Å²) in [6, 6.07) is 6.90. The number of likely N-dealkylation sites (N-methyl/N-ethyl adjacent to an activating group) is 1. The van der Waals surface area contributed by atoms with Gasteiger partial charge < -0.3 is 9.84 Å². The number of rotatable bonds is 5. The molecule has 1 fully saturated rings. The summed E-state index contributed by atoms with van der Waals surface area (Å²) in [6.07, 6.45) is 1.72. The van der Waals surface area contributed by atoms with E-state index in [0.717, 1.165) is 5.56 Å². The third-order valence-electron chi connectivity index (χ3n) is 2.71. The minimum atomic E-state index is -1.04. The Kier molecular flexibility index (Phi) is 4.98. The van der Waals surface area contributed by atoms with Crippen LogP contribution in [-0.4, -0.2) is 39.4 Å². The first-order chi connectivity index (χ1) is 10.0. The molecule has 110 valence electrons. The van der Waals surface area contributed by atoms with E-state index in [4.69, 9.17) is 22.1 Å². The monoisotopic (exact) mass is 323 g/mol. The molecule has 1 saturated heterocycles. The number of benzene rings is 1. The molecule has 0 aliphatic carbocycles. The molecule has 1 aliphatic heterocycles. The van der Waals surface area contributed by atoms with Gasteiger partial charge in [0.2, 0.25) is 0 Å². The van der Waals surface area contributed by atoms with Crippen LogP contribution in [0.15, 0.2) is 29.2 Å². The largest absolute Gasteiger partial charge is 0.482 e. The first kappa shape index (κ1) is 15.5. The molecule has 1 aromatic rings. The van der Waals surface area contributed by atoms with Crippen LogP contribution in [0.25, 0.3) is 6.08 Å². The van der Waals surface area contributed by atoms with E-state index in [1.165, 1.54) is 16.7 Å². The molecule has 0 spiro atoms. The van der Waals surface area contributed by atoms with Crippen LogP contribution in [0.3, 0.4) is 0 Å². The average Bonchev–Trinajstić information content (AvgIpc) is 2.71. The van der Waals surface area contributed by atoms with Crippen molar-refractivity contribution in [3.05, 3.63) is 34.7 Å². The SMILES string of the molecule is CCN1C(=O)/C(=C/c2cccc(OCC(=O)O)c2)SC1=S. The van der Waals surface area contributed by atoms with E-state index in [-0.39, 0.29) is 5.91 Å². The highest BCUT2D eigenvalue weighted by Gasteiger charge is 2.30. The van der Waals surface area contributed by atoms with Crippen molar-refractivity contribution in [2.75, 3.05) is 13.2 Å². The Balaban J connectivity index is 2.18. The van der Waals surface area contributed by atoms with Crippen molar-refractivity contribution in [1.82, 2.24) is 4.90 Å². The molecule has 0 aromatic heterocycles. The maximum Gasteiger partial charge on any atom is 0.341 e. The molecule has 0 saturated carbocycles. The summed E-state index contributed by atoms with van der Waals surface area (Å²) in [6.45, 7) is 2.01. The highest BCUT2D eigenvalue weighted by atomic mass is 32.2. The molecule has 1 aromatic carbocycles. The summed E-state index contributed by atoms with van der Waals surface area (Å²) in [7, 11) is 0. The number of carboxylic acid groups (broad SMARTS) is 1. The number of thiocarbonyl (C=S) groups is 1. The van der Waals surface area contributed by atoms with Gasteiger partial charge in [0.15, 0.2) is 6.61 Å². The summed E-state index contributed by atoms with van der Waals surface area (Å²) in [5.74, 6) is -0.703. The lowest BCUT2D eigenvalue weighted by atomic mass is 10.2. The Hall–Kier alpha value is -1.86. The zero-order chi connectivity index (χ0) is 15.4. The predicted octanol–water partition coefficient (Wildman–Crippen LogP) is 2.37. The molecule has 1 amide bonds. The van der Waals surface area contributed by atoms with Crippen LogP contribution in [0, 0.1) is 0 Å². The molecular weight excluding hydrogens is 310 g/mol. The van der Waals surface area contributed by atoms with E-state index in [1.54, 1.807) is 24.3 Å². The minimum Gasteiger partial charge on any atom is -0.482 e. The normalized spacial score (nSPS) is 16.6. The molecule has 1 N–H and O–H groups in total. The smallest absolute Gasteiger partial charge is 0.341 e. The molecule has 1 aliphatic rings. The highest BCUT2D eigenvalue weighted by molar-refractivity contribution is 8.26. The van der Waals surface area contributed by atoms with E-state index in [9.17, 15) is 9.59 Å². The Morgan fingerprint density at radius 1 is 1.52 bits per heavy atom. The number of aliphatic carboxylic acids is 1. The number of nitrogens with zero attached hydrogens (tertiary/aromatic N) is 1. The second-order valence-electron chi connectivity index (χ2n) is 4.18. The second-order valence-corrected chi connectivity index (χ2v) is 5.86. The standard InChI is InChI=1S/C14H13NO4S2/c1-2-15-13(18)11(21-14(15)20)7-9-4-3-5-10(6-9)19-8-12(16)17/h3-7H,2,8H2,1H3,(H,16,17)/b11-7-. The molecule has 7 heteroatoms. The lowest BCUT2D eigenvalue weighted by Gasteiger charge is -2.09. The Labute approximate surface area is 131 Å². The van der Waals surface area contributed by atoms with Crippen LogP contribution in [-0.2, 0) is 9.59 Å². The lowest BCUT2D eigenvalue weighted by molar-refractivity contribution is -0.139. The van der Waals surface area contributed by atoms with Crippen LogP contribution >= 0.6 is 24.0 Å². The fourth-order valence-corrected chi connectivity index (χ4v) is 3.15. The number of thioether (sulfide) groups is 1. The molecule has 21 heavy (non-hydrogen) atoms. The predicted molar refractivity (Wildman–Crippen MR) is 85.1 cm³/mol. The Morgan fingerprint density at radius 2 is 2.29 bits per heavy atom. The van der Waals surface area contributed by atoms with Crippen LogP contribution in [0.4, 0.5) is 0 Å². The van der Waals surface area contributed by atoms with Gasteiger partial charge in [-0.15, -0.1) is 0 Å². The molecule has 0 radical (unpaired) electrons. The van der Waals surface area contributed by atoms with Gasteiger partial charge in [-0.2, -0.15) is 0 Å². The molecule has 5 nitrogen and oxygen atoms in total. The van der Waals surface area contributed by atoms with E-state index in [2.05, 4.69) is 0 Å². The molecule has 0 unspecified atom stereocenters. The van der Waals surface area contributed by atoms with Crippen molar-refractivity contribution in [2.45, 2.75) is 6.92 Å². The molecular formula is C14H13NO4S2. The van der Waals surface area contributed by atoms with Gasteiger partial charge in [-0.25, -0.2) is 4.79 Å². The fourth-order valence-electron chi connectivity index (χ4n) is 1.76. The maximum atomic E-state index is 12.1. The zero-order valence-corrected chi connectivity index (χ0v) is 12.9. The van der Waals surface area contributed by atoms with Gasteiger partial charge in [0, 0.05) is 6.54 Å². The summed E-state index contributed by atoms with van der Waals surface area (Å²) >= 11 is 6.40. The third kappa shape index (κ3) is 3.83. The van der Waals surface area contributed by atoms with Crippen LogP contribution < -0.4 is 4.74 Å². The maximum absolute atomic E-state index is 12.1. The molecule has 1 heterocycles. The Bertz CT molecular complexity index is 627. The summed E-state index contributed by atoms with van der Waals surface area (Å²) in [4.78, 5) is 24.7. The first-order valence-corrected chi connectivity index (χ1v) is 7.43. The van der Waals surface area contributed by atoms with Crippen molar-refractivity contribution in [3.63, 3.8) is 0 Å². The van der Waals surface area contributed by atoms with Crippen LogP contribution in [0.5, 0.6) is 5.75 Å². The number of carbonyl (C=O) groups excluding carboxylic acids is 1. The van der Waals surface area contributed by atoms with Gasteiger partial charge in [0.25, 0.3) is 5.91 Å². The van der Waals surface area contributed by atoms with Crippen molar-refractivity contribution in [1.29, 1.82) is 0 Å². The first-order valence-electron chi connectivity index (χ1n) is 6.21. The molecule has 0 atom stereocenters. The van der Waals surface area contributed by atoms with E-state index in [1.807, 2.05) is 13.0 Å². The van der Waals surface area contributed by atoms with E-state index >= 15 is 0 Å². The number of hydrogen-bond donors (Lipinski definition) is 1. The van der Waals surface area contributed by atoms with Crippen molar-refractivity contribution in [2.24, 2.45) is 0 Å². The minimum absolute atomic E-state index is 0.107. The van der Waals surface area contributed by atoms with Crippen LogP contribution in [0.1, 0.15) is 12.5 Å². The van der Waals surface area contributed by atoms with Crippen molar-refractivity contribution in [3.8, 4) is 5.75 Å². The van der Waals surface area contributed by atoms with Crippen LogP contribution in [0.2, 0.25) is 0 Å². The number of amides is 1. The van der Waals surface area contributed by atoms with Crippen molar-refractivity contribution >= 4 is 46.3 Å². The number of carbonyl (C=O) groups is 2. The quantitative estimate of drug-likeness (QED) is 0.663. The number of hydrogen-bond acceptors (Lipinski definition) is 5. The third-order valence-corrected chi connectivity index (χ3v) is 4.09. The number of ether oxygens (including phenoxy) is 1. The summed E-state index contributed by atoms with van der Waals surface area (Å²) in [5.41, 5.74) is 0.759. The van der Waals surface area contributed by atoms with E-state index < -0.39 is 12.6 Å². The second kappa shape index (κ2) is 6.73. The van der Waals surface area contributed by atoms with Gasteiger partial charge >= 0.3 is 5.97 Å². The zero-order valence-electron chi connectivity index (χ0n) is 11.2. The van der Waals surface area contributed by atoms with Gasteiger partial charge in [-0.05, 0) is 30.7 Å². The topological polar surface area (TPSA) is 66.8 Å². The highest BCUT2D eigenvalue weighted by Crippen LogP contribution is 2.32. The number of carboxylic acids is 1. The fraction of sp³-hybridized carbons (Fsp3) is 0.214. The molecule has 2 rings (SSSR count). The summed E-state index contributed by atoms with van der Waals surface area (Å²) in [5, 5.41) is 8.59. The molecule has 0 bridgehead atoms. The Morgan fingerprint density at radius 3 is 2.90 bits per heavy atom. The van der Waals surface area contributed by atoms with Gasteiger partial charge in [0.05, 0.1) is 4.91 Å². The summed E-state index contributed by atoms with van der Waals surface area (Å²) < 4.78 is 5.65.